The summed E-state index contributed by atoms with van der Waals surface area (Å²) < 4.78 is 5.60. The summed E-state index contributed by atoms with van der Waals surface area (Å²) in [6, 6.07) is 3.96. The largest absolute Gasteiger partial charge is 0.492 e. The number of hydrogen-bond acceptors (Lipinski definition) is 2. The molecule has 2 nitrogen and oxygen atoms in total. The summed E-state index contributed by atoms with van der Waals surface area (Å²) in [6.45, 7) is 7.29. The van der Waals surface area contributed by atoms with E-state index in [-0.39, 0.29) is 12.4 Å². The van der Waals surface area contributed by atoms with Crippen LogP contribution in [0, 0.1) is 6.92 Å². The summed E-state index contributed by atoms with van der Waals surface area (Å²) in [5.74, 6) is 1.30. The number of benzene rings is 1. The smallest absolute Gasteiger partial charge is 0.123 e. The van der Waals surface area contributed by atoms with Gasteiger partial charge in [0.05, 0.1) is 0 Å². The molecule has 1 aromatic rings. The van der Waals surface area contributed by atoms with Crippen LogP contribution < -0.4 is 10.5 Å². The first-order valence-electron chi connectivity index (χ1n) is 5.19. The molecule has 92 valence electrons. The van der Waals surface area contributed by atoms with Gasteiger partial charge in [-0.2, -0.15) is 0 Å². The quantitative estimate of drug-likeness (QED) is 0.902. The predicted octanol–water partition coefficient (Wildman–Crippen LogP) is 3.53. The zero-order valence-corrected chi connectivity index (χ0v) is 11.5. The molecule has 0 fully saturated rings. The third-order valence-corrected chi connectivity index (χ3v) is 2.70. The Balaban J connectivity index is 0.00000225. The van der Waals surface area contributed by atoms with Crippen molar-refractivity contribution in [2.24, 2.45) is 5.73 Å². The van der Waals surface area contributed by atoms with Crippen molar-refractivity contribution in [2.75, 3.05) is 13.2 Å². The van der Waals surface area contributed by atoms with E-state index in [0.29, 0.717) is 19.1 Å². The lowest BCUT2D eigenvalue weighted by Crippen LogP contribution is -2.12. The molecule has 0 amide bonds. The number of rotatable bonds is 4. The van der Waals surface area contributed by atoms with Crippen molar-refractivity contribution in [1.82, 2.24) is 0 Å². The van der Waals surface area contributed by atoms with Gasteiger partial charge in [0.15, 0.2) is 0 Å². The molecule has 0 aromatic heterocycles. The van der Waals surface area contributed by atoms with Crippen molar-refractivity contribution in [2.45, 2.75) is 26.7 Å². The predicted molar refractivity (Wildman–Crippen MR) is 72.1 cm³/mol. The number of ether oxygens (including phenoxy) is 1. The first kappa shape index (κ1) is 15.6. The molecule has 0 aliphatic carbocycles. The van der Waals surface area contributed by atoms with E-state index in [9.17, 15) is 0 Å². The van der Waals surface area contributed by atoms with E-state index in [1.165, 1.54) is 0 Å². The van der Waals surface area contributed by atoms with E-state index in [2.05, 4.69) is 13.8 Å². The maximum Gasteiger partial charge on any atom is 0.123 e. The molecule has 2 N–H and O–H groups in total. The summed E-state index contributed by atoms with van der Waals surface area (Å²) >= 11 is 6.08. The van der Waals surface area contributed by atoms with Gasteiger partial charge in [-0.15, -0.1) is 12.4 Å². The minimum atomic E-state index is 0. The molecular weight excluding hydrogens is 245 g/mol. The maximum absolute atomic E-state index is 6.08. The summed E-state index contributed by atoms with van der Waals surface area (Å²) in [6.07, 6.45) is 0. The van der Waals surface area contributed by atoms with Gasteiger partial charge in [-0.25, -0.2) is 0 Å². The molecule has 0 bridgehead atoms. The monoisotopic (exact) mass is 263 g/mol. The highest BCUT2D eigenvalue weighted by molar-refractivity contribution is 6.31. The maximum atomic E-state index is 6.08. The molecule has 0 unspecified atom stereocenters. The Kier molecular flexibility index (Phi) is 6.81. The fourth-order valence-electron chi connectivity index (χ4n) is 1.42. The lowest BCUT2D eigenvalue weighted by atomic mass is 10.0. The molecule has 4 heteroatoms. The molecular formula is C12H19Cl2NO. The van der Waals surface area contributed by atoms with Crippen molar-refractivity contribution in [3.63, 3.8) is 0 Å². The Labute approximate surface area is 109 Å². The zero-order valence-electron chi connectivity index (χ0n) is 9.92. The lowest BCUT2D eigenvalue weighted by Gasteiger charge is -2.15. The topological polar surface area (TPSA) is 35.2 Å². The Hall–Kier alpha value is -0.440. The van der Waals surface area contributed by atoms with Crippen LogP contribution in [0.25, 0.3) is 0 Å². The number of nitrogens with two attached hydrogens (primary N) is 1. The van der Waals surface area contributed by atoms with E-state index in [1.54, 1.807) is 0 Å². The summed E-state index contributed by atoms with van der Waals surface area (Å²) in [4.78, 5) is 0. The molecule has 0 atom stereocenters. The molecule has 0 saturated heterocycles. The third-order valence-electron chi connectivity index (χ3n) is 2.29. The van der Waals surface area contributed by atoms with Crippen molar-refractivity contribution < 1.29 is 4.74 Å². The van der Waals surface area contributed by atoms with Gasteiger partial charge in [0.25, 0.3) is 0 Å². The Morgan fingerprint density at radius 1 is 1.38 bits per heavy atom. The second-order valence-corrected chi connectivity index (χ2v) is 4.34. The second-order valence-electron chi connectivity index (χ2n) is 3.93. The normalized spacial score (nSPS) is 10.1. The molecule has 0 saturated carbocycles. The first-order valence-corrected chi connectivity index (χ1v) is 5.57. The number of aryl methyl sites for hydroxylation is 1. The average molecular weight is 264 g/mol. The van der Waals surface area contributed by atoms with E-state index in [0.717, 1.165) is 21.9 Å². The highest BCUT2D eigenvalue weighted by Crippen LogP contribution is 2.31. The van der Waals surface area contributed by atoms with Crippen molar-refractivity contribution in [3.05, 3.63) is 28.3 Å². The van der Waals surface area contributed by atoms with Gasteiger partial charge in [-0.05, 0) is 36.1 Å². The van der Waals surface area contributed by atoms with Gasteiger partial charge in [0, 0.05) is 11.6 Å². The van der Waals surface area contributed by atoms with Crippen LogP contribution in [0.4, 0.5) is 0 Å². The van der Waals surface area contributed by atoms with Crippen LogP contribution in [-0.2, 0) is 0 Å². The number of hydrogen-bond donors (Lipinski definition) is 1. The minimum Gasteiger partial charge on any atom is -0.492 e. The fraction of sp³-hybridized carbons (Fsp3) is 0.500. The third kappa shape index (κ3) is 3.85. The molecule has 1 rings (SSSR count). The molecule has 0 heterocycles. The minimum absolute atomic E-state index is 0. The molecule has 0 aliphatic rings. The van der Waals surface area contributed by atoms with Crippen molar-refractivity contribution in [1.29, 1.82) is 0 Å². The fourth-order valence-corrected chi connectivity index (χ4v) is 1.59. The van der Waals surface area contributed by atoms with Gasteiger partial charge in [-0.3, -0.25) is 0 Å². The lowest BCUT2D eigenvalue weighted by molar-refractivity contribution is 0.323. The summed E-state index contributed by atoms with van der Waals surface area (Å²) in [5.41, 5.74) is 7.59. The Bertz CT molecular complexity index is 340. The standard InChI is InChI=1S/C12H18ClNO.ClH/c1-8(2)10-7-11(13)9(3)6-12(10)15-5-4-14;/h6-8H,4-5,14H2,1-3H3;1H. The van der Waals surface area contributed by atoms with Crippen LogP contribution in [0.15, 0.2) is 12.1 Å². The molecule has 0 spiro atoms. The van der Waals surface area contributed by atoms with Gasteiger partial charge in [0.1, 0.15) is 12.4 Å². The van der Waals surface area contributed by atoms with Crippen molar-refractivity contribution >= 4 is 24.0 Å². The molecule has 0 aliphatic heterocycles. The van der Waals surface area contributed by atoms with Gasteiger partial charge in [0.2, 0.25) is 0 Å². The van der Waals surface area contributed by atoms with Crippen LogP contribution in [0.1, 0.15) is 30.9 Å². The van der Waals surface area contributed by atoms with E-state index >= 15 is 0 Å². The Morgan fingerprint density at radius 2 is 2.00 bits per heavy atom. The summed E-state index contributed by atoms with van der Waals surface area (Å²) in [7, 11) is 0. The van der Waals surface area contributed by atoms with Crippen LogP contribution in [-0.4, -0.2) is 13.2 Å². The van der Waals surface area contributed by atoms with Crippen LogP contribution in [0.3, 0.4) is 0 Å². The number of halogens is 2. The first-order chi connectivity index (χ1) is 7.06. The van der Waals surface area contributed by atoms with Gasteiger partial charge < -0.3 is 10.5 Å². The Morgan fingerprint density at radius 3 is 2.50 bits per heavy atom. The van der Waals surface area contributed by atoms with Crippen LogP contribution in [0.5, 0.6) is 5.75 Å². The SMILES string of the molecule is Cc1cc(OCCN)c(C(C)C)cc1Cl.Cl. The highest BCUT2D eigenvalue weighted by atomic mass is 35.5. The second kappa shape index (κ2) is 7.00. The summed E-state index contributed by atoms with van der Waals surface area (Å²) in [5, 5.41) is 0.791. The van der Waals surface area contributed by atoms with Crippen molar-refractivity contribution in [3.8, 4) is 5.75 Å². The van der Waals surface area contributed by atoms with Gasteiger partial charge >= 0.3 is 0 Å². The van der Waals surface area contributed by atoms with Crippen LogP contribution >= 0.6 is 24.0 Å². The average Bonchev–Trinajstić information content (AvgIpc) is 2.19. The van der Waals surface area contributed by atoms with E-state index < -0.39 is 0 Å². The zero-order chi connectivity index (χ0) is 11.4. The van der Waals surface area contributed by atoms with E-state index in [1.807, 2.05) is 19.1 Å². The highest BCUT2D eigenvalue weighted by Gasteiger charge is 2.10. The van der Waals surface area contributed by atoms with E-state index in [4.69, 9.17) is 22.1 Å². The van der Waals surface area contributed by atoms with Crippen LogP contribution in [0.2, 0.25) is 5.02 Å². The molecule has 0 radical (unpaired) electrons. The molecule has 1 aromatic carbocycles. The molecule has 16 heavy (non-hydrogen) atoms. The van der Waals surface area contributed by atoms with Gasteiger partial charge in [-0.1, -0.05) is 25.4 Å².